The van der Waals surface area contributed by atoms with E-state index in [4.69, 9.17) is 21.4 Å². The lowest BCUT2D eigenvalue weighted by Gasteiger charge is -2.01. The molecule has 0 unspecified atom stereocenters. The van der Waals surface area contributed by atoms with Gasteiger partial charge in [-0.05, 0) is 25.1 Å². The molecule has 1 aliphatic carbocycles. The number of ether oxygens (including phenoxy) is 1. The van der Waals surface area contributed by atoms with E-state index in [1.165, 1.54) is 24.3 Å². The highest BCUT2D eigenvalue weighted by molar-refractivity contribution is 6.30. The van der Waals surface area contributed by atoms with Gasteiger partial charge in [-0.1, -0.05) is 17.7 Å². The molecule has 0 radical (unpaired) electrons. The fourth-order valence-electron chi connectivity index (χ4n) is 2.05. The Morgan fingerprint density at radius 3 is 2.57 bits per heavy atom. The molecule has 0 fully saturated rings. The van der Waals surface area contributed by atoms with Gasteiger partial charge in [-0.3, -0.25) is 14.2 Å². The van der Waals surface area contributed by atoms with E-state index in [2.05, 4.69) is 0 Å². The van der Waals surface area contributed by atoms with Crippen molar-refractivity contribution >= 4 is 23.5 Å². The largest absolute Gasteiger partial charge is 0.480 e. The number of halogens is 1. The monoisotopic (exact) mass is 309 g/mol. The van der Waals surface area contributed by atoms with E-state index in [0.717, 1.165) is 4.57 Å². The van der Waals surface area contributed by atoms with Crippen LogP contribution in [-0.4, -0.2) is 28.2 Å². The van der Waals surface area contributed by atoms with Crippen LogP contribution < -0.4 is 5.56 Å². The SMILES string of the molecule is CCOC(=O)c1c2ccc(Cl)ccc-2n(CC(=O)O)c1=O. The summed E-state index contributed by atoms with van der Waals surface area (Å²) in [4.78, 5) is 35.2. The molecule has 2 aliphatic rings. The minimum Gasteiger partial charge on any atom is -0.480 e. The Labute approximate surface area is 124 Å². The van der Waals surface area contributed by atoms with Gasteiger partial charge in [0.25, 0.3) is 5.56 Å². The fourth-order valence-corrected chi connectivity index (χ4v) is 2.18. The molecule has 0 amide bonds. The topological polar surface area (TPSA) is 85.6 Å². The highest BCUT2D eigenvalue weighted by Crippen LogP contribution is 2.26. The van der Waals surface area contributed by atoms with Gasteiger partial charge < -0.3 is 9.84 Å². The highest BCUT2D eigenvalue weighted by atomic mass is 35.5. The van der Waals surface area contributed by atoms with E-state index in [1.54, 1.807) is 6.92 Å². The zero-order valence-electron chi connectivity index (χ0n) is 11.1. The average Bonchev–Trinajstić information content (AvgIpc) is 2.55. The molecule has 0 saturated carbocycles. The standard InChI is InChI=1S/C14H12ClNO5/c1-2-21-14(20)12-9-5-3-8(15)4-6-10(9)16(13(12)19)7-11(17)18/h3-6H,2,7H2,1H3,(H,17,18). The Morgan fingerprint density at radius 1 is 1.29 bits per heavy atom. The summed E-state index contributed by atoms with van der Waals surface area (Å²) in [5.41, 5.74) is -0.238. The summed E-state index contributed by atoms with van der Waals surface area (Å²) in [7, 11) is 0. The maximum atomic E-state index is 12.3. The molecular weight excluding hydrogens is 298 g/mol. The van der Waals surface area contributed by atoms with Gasteiger partial charge >= 0.3 is 11.9 Å². The smallest absolute Gasteiger partial charge is 0.344 e. The molecule has 0 atom stereocenters. The lowest BCUT2D eigenvalue weighted by Crippen LogP contribution is -2.24. The van der Waals surface area contributed by atoms with Crippen LogP contribution in [0.5, 0.6) is 0 Å². The highest BCUT2D eigenvalue weighted by Gasteiger charge is 2.26. The molecule has 1 N–H and O–H groups in total. The Kier molecular flexibility index (Phi) is 4.28. The summed E-state index contributed by atoms with van der Waals surface area (Å²) in [6, 6.07) is 6.06. The van der Waals surface area contributed by atoms with Crippen molar-refractivity contribution in [3.63, 3.8) is 0 Å². The number of carbonyl (C=O) groups excluding carboxylic acids is 1. The lowest BCUT2D eigenvalue weighted by molar-refractivity contribution is -0.137. The first kappa shape index (κ1) is 15.1. The quantitative estimate of drug-likeness (QED) is 0.871. The average molecular weight is 310 g/mol. The molecule has 110 valence electrons. The van der Waals surface area contributed by atoms with Crippen LogP contribution in [-0.2, 0) is 16.1 Å². The van der Waals surface area contributed by atoms with Crippen LogP contribution in [0.2, 0.25) is 5.02 Å². The maximum Gasteiger partial charge on any atom is 0.344 e. The number of carbonyl (C=O) groups is 2. The normalized spacial score (nSPS) is 10.6. The summed E-state index contributed by atoms with van der Waals surface area (Å²) in [5.74, 6) is -1.96. The van der Waals surface area contributed by atoms with Crippen LogP contribution in [0.4, 0.5) is 0 Å². The Morgan fingerprint density at radius 2 is 1.95 bits per heavy atom. The fraction of sp³-hybridized carbons (Fsp3) is 0.214. The van der Waals surface area contributed by atoms with Gasteiger partial charge in [-0.25, -0.2) is 4.79 Å². The van der Waals surface area contributed by atoms with Gasteiger partial charge in [0, 0.05) is 10.6 Å². The number of nitrogens with zero attached hydrogens (tertiary/aromatic N) is 1. The molecule has 0 bridgehead atoms. The number of rotatable bonds is 4. The second kappa shape index (κ2) is 5.97. The second-order valence-corrected chi connectivity index (χ2v) is 4.67. The van der Waals surface area contributed by atoms with Crippen molar-refractivity contribution in [3.8, 4) is 11.3 Å². The minimum absolute atomic E-state index is 0.115. The van der Waals surface area contributed by atoms with Gasteiger partial charge in [0.1, 0.15) is 12.1 Å². The predicted molar refractivity (Wildman–Crippen MR) is 75.9 cm³/mol. The number of carboxylic acids is 1. The van der Waals surface area contributed by atoms with Crippen molar-refractivity contribution in [2.24, 2.45) is 0 Å². The molecule has 0 saturated heterocycles. The van der Waals surface area contributed by atoms with E-state index < -0.39 is 24.0 Å². The first-order chi connectivity index (χ1) is 9.95. The van der Waals surface area contributed by atoms with Crippen molar-refractivity contribution in [3.05, 3.63) is 45.2 Å². The van der Waals surface area contributed by atoms with Crippen LogP contribution in [0.1, 0.15) is 17.3 Å². The maximum absolute atomic E-state index is 12.3. The predicted octanol–water partition coefficient (Wildman–Crippen LogP) is 1.87. The summed E-state index contributed by atoms with van der Waals surface area (Å²) < 4.78 is 5.88. The van der Waals surface area contributed by atoms with Gasteiger partial charge in [-0.2, -0.15) is 0 Å². The van der Waals surface area contributed by atoms with Crippen LogP contribution in [0.15, 0.2) is 29.1 Å². The van der Waals surface area contributed by atoms with Crippen LogP contribution >= 0.6 is 11.6 Å². The van der Waals surface area contributed by atoms with Gasteiger partial charge in [0.2, 0.25) is 0 Å². The van der Waals surface area contributed by atoms with E-state index in [9.17, 15) is 14.4 Å². The van der Waals surface area contributed by atoms with E-state index >= 15 is 0 Å². The zero-order valence-corrected chi connectivity index (χ0v) is 11.9. The number of hydrogen-bond donors (Lipinski definition) is 1. The third-order valence-corrected chi connectivity index (χ3v) is 3.13. The minimum atomic E-state index is -1.18. The summed E-state index contributed by atoms with van der Waals surface area (Å²) in [6.07, 6.45) is 0. The molecular formula is C14H12ClNO5. The Hall–Kier alpha value is -2.34. The van der Waals surface area contributed by atoms with Gasteiger partial charge in [-0.15, -0.1) is 0 Å². The number of fused-ring (bicyclic) bond motifs is 1. The number of esters is 1. The van der Waals surface area contributed by atoms with Gasteiger partial charge in [0.15, 0.2) is 0 Å². The van der Waals surface area contributed by atoms with Crippen LogP contribution in [0, 0.1) is 0 Å². The van der Waals surface area contributed by atoms with Crippen molar-refractivity contribution < 1.29 is 19.4 Å². The Balaban J connectivity index is 2.74. The first-order valence-electron chi connectivity index (χ1n) is 6.16. The second-order valence-electron chi connectivity index (χ2n) is 4.23. The van der Waals surface area contributed by atoms with Gasteiger partial charge in [0.05, 0.1) is 12.3 Å². The first-order valence-corrected chi connectivity index (χ1v) is 6.54. The summed E-state index contributed by atoms with van der Waals surface area (Å²) in [5, 5.41) is 9.32. The molecule has 0 aromatic rings. The number of hydrogen-bond acceptors (Lipinski definition) is 4. The zero-order chi connectivity index (χ0) is 15.6. The summed E-state index contributed by atoms with van der Waals surface area (Å²) in [6.45, 7) is 1.19. The van der Waals surface area contributed by atoms with Crippen molar-refractivity contribution in [2.75, 3.05) is 6.61 Å². The molecule has 7 heteroatoms. The molecule has 0 aromatic heterocycles. The van der Waals surface area contributed by atoms with Crippen molar-refractivity contribution in [1.29, 1.82) is 0 Å². The third kappa shape index (κ3) is 2.90. The molecule has 1 aliphatic heterocycles. The molecule has 2 rings (SSSR count). The van der Waals surface area contributed by atoms with Crippen molar-refractivity contribution in [2.45, 2.75) is 13.5 Å². The Bertz CT molecular complexity index is 737. The molecule has 0 aromatic carbocycles. The number of aromatic nitrogens is 1. The van der Waals surface area contributed by atoms with E-state index in [-0.39, 0.29) is 12.2 Å². The van der Waals surface area contributed by atoms with Crippen molar-refractivity contribution in [1.82, 2.24) is 4.57 Å². The molecule has 1 heterocycles. The molecule has 6 nitrogen and oxygen atoms in total. The molecule has 0 spiro atoms. The number of carboxylic acid groups (broad SMARTS) is 1. The lowest BCUT2D eigenvalue weighted by atomic mass is 10.1. The van der Waals surface area contributed by atoms with E-state index in [0.29, 0.717) is 16.3 Å². The number of aliphatic carboxylic acids is 1. The van der Waals surface area contributed by atoms with E-state index in [1.807, 2.05) is 0 Å². The third-order valence-electron chi connectivity index (χ3n) is 2.88. The summed E-state index contributed by atoms with van der Waals surface area (Å²) >= 11 is 5.88. The van der Waals surface area contributed by atoms with Crippen LogP contribution in [0.3, 0.4) is 0 Å². The molecule has 21 heavy (non-hydrogen) atoms. The van der Waals surface area contributed by atoms with Crippen LogP contribution in [0.25, 0.3) is 11.3 Å².